The topological polar surface area (TPSA) is 85.7 Å². The molecule has 2 aromatic rings. The molecule has 1 aromatic heterocycles. The lowest BCUT2D eigenvalue weighted by Crippen LogP contribution is -2.28. The van der Waals surface area contributed by atoms with Crippen LogP contribution in [0.5, 0.6) is 0 Å². The predicted octanol–water partition coefficient (Wildman–Crippen LogP) is 3.77. The zero-order valence-corrected chi connectivity index (χ0v) is 19.1. The number of benzene rings is 1. The molecule has 0 N–H and O–H groups in total. The van der Waals surface area contributed by atoms with Gasteiger partial charge in [0.25, 0.3) is 0 Å². The second-order valence-corrected chi connectivity index (χ2v) is 9.75. The van der Waals surface area contributed by atoms with E-state index in [4.69, 9.17) is 16.3 Å². The van der Waals surface area contributed by atoms with Gasteiger partial charge in [0.1, 0.15) is 4.90 Å². The van der Waals surface area contributed by atoms with Crippen molar-refractivity contribution < 1.29 is 22.7 Å². The van der Waals surface area contributed by atoms with E-state index in [9.17, 15) is 18.0 Å². The van der Waals surface area contributed by atoms with Crippen molar-refractivity contribution in [3.63, 3.8) is 0 Å². The first-order valence-electron chi connectivity index (χ1n) is 9.94. The summed E-state index contributed by atoms with van der Waals surface area (Å²) in [5.74, 6) is -1.13. The second kappa shape index (κ2) is 9.38. The minimum absolute atomic E-state index is 0.0205. The monoisotopic (exact) mass is 464 g/mol. The third-order valence-electron chi connectivity index (χ3n) is 5.37. The van der Waals surface area contributed by atoms with Crippen molar-refractivity contribution in [2.45, 2.75) is 38.1 Å². The summed E-state index contributed by atoms with van der Waals surface area (Å²) in [7, 11) is -3.80. The summed E-state index contributed by atoms with van der Waals surface area (Å²) in [5, 5.41) is 0.0363. The van der Waals surface area contributed by atoms with Crippen molar-refractivity contribution >= 4 is 33.4 Å². The molecule has 1 aromatic carbocycles. The summed E-state index contributed by atoms with van der Waals surface area (Å²) in [6.07, 6.45) is 3.31. The molecule has 0 unspecified atom stereocenters. The maximum absolute atomic E-state index is 12.8. The molecule has 0 atom stereocenters. The third-order valence-corrected chi connectivity index (χ3v) is 7.75. The lowest BCUT2D eigenvalue weighted by atomic mass is 10.1. The minimum Gasteiger partial charge on any atom is -0.454 e. The van der Waals surface area contributed by atoms with E-state index >= 15 is 0 Å². The fourth-order valence-electron chi connectivity index (χ4n) is 3.68. The lowest BCUT2D eigenvalue weighted by Gasteiger charge is -2.17. The molecule has 9 heteroatoms. The molecule has 2 heterocycles. The van der Waals surface area contributed by atoms with E-state index < -0.39 is 22.6 Å². The molecule has 0 aliphatic carbocycles. The van der Waals surface area contributed by atoms with Gasteiger partial charge in [0.05, 0.1) is 10.6 Å². The van der Waals surface area contributed by atoms with E-state index in [1.165, 1.54) is 22.5 Å². The Morgan fingerprint density at radius 3 is 2.52 bits per heavy atom. The number of hydrogen-bond acceptors (Lipinski definition) is 5. The number of carbonyl (C=O) groups excluding carboxylic acids is 2. The Morgan fingerprint density at radius 2 is 1.87 bits per heavy atom. The van der Waals surface area contributed by atoms with Crippen molar-refractivity contribution in [1.82, 2.24) is 8.87 Å². The number of ether oxygens (including phenoxy) is 1. The van der Waals surface area contributed by atoms with Crippen LogP contribution in [0, 0.1) is 13.8 Å². The van der Waals surface area contributed by atoms with Gasteiger partial charge in [0.2, 0.25) is 15.8 Å². The fourth-order valence-corrected chi connectivity index (χ4v) is 5.70. The minimum atomic E-state index is -3.80. The molecule has 1 aliphatic heterocycles. The maximum Gasteiger partial charge on any atom is 0.338 e. The van der Waals surface area contributed by atoms with E-state index in [2.05, 4.69) is 6.58 Å². The van der Waals surface area contributed by atoms with Gasteiger partial charge in [0, 0.05) is 36.6 Å². The number of hydrogen-bond donors (Lipinski definition) is 0. The van der Waals surface area contributed by atoms with Crippen molar-refractivity contribution in [2.24, 2.45) is 0 Å². The van der Waals surface area contributed by atoms with E-state index in [0.717, 1.165) is 24.2 Å². The van der Waals surface area contributed by atoms with Crippen LogP contribution < -0.4 is 0 Å². The molecule has 0 saturated carbocycles. The van der Waals surface area contributed by atoms with E-state index in [1.54, 1.807) is 12.1 Å². The summed E-state index contributed by atoms with van der Waals surface area (Å²) < 4.78 is 34.1. The van der Waals surface area contributed by atoms with Crippen molar-refractivity contribution in [1.29, 1.82) is 0 Å². The average molecular weight is 465 g/mol. The number of halogens is 1. The van der Waals surface area contributed by atoms with Crippen LogP contribution in [0.3, 0.4) is 0 Å². The SMILES string of the molecule is C=CCn1c(C)cc(C(=O)COC(=O)c2ccc(Cl)c(S(=O)(=O)N3CCCC3)c2)c1C. The predicted molar refractivity (Wildman–Crippen MR) is 118 cm³/mol. The highest BCUT2D eigenvalue weighted by atomic mass is 35.5. The van der Waals surface area contributed by atoms with Gasteiger partial charge in [-0.1, -0.05) is 17.7 Å². The molecule has 3 rings (SSSR count). The lowest BCUT2D eigenvalue weighted by molar-refractivity contribution is 0.0474. The summed E-state index contributed by atoms with van der Waals surface area (Å²) in [5.41, 5.74) is 2.16. The molecule has 1 aliphatic rings. The molecular formula is C22H25ClN2O5S. The highest BCUT2D eigenvalue weighted by Crippen LogP contribution is 2.28. The van der Waals surface area contributed by atoms with Crippen LogP contribution in [0.2, 0.25) is 5.02 Å². The van der Waals surface area contributed by atoms with Crippen molar-refractivity contribution in [3.8, 4) is 0 Å². The number of ketones is 1. The highest BCUT2D eigenvalue weighted by molar-refractivity contribution is 7.89. The molecule has 1 saturated heterocycles. The van der Waals surface area contributed by atoms with Gasteiger partial charge in [-0.2, -0.15) is 4.31 Å². The van der Waals surface area contributed by atoms with E-state index in [-0.39, 0.29) is 21.3 Å². The molecule has 0 amide bonds. The molecular weight excluding hydrogens is 440 g/mol. The number of aromatic nitrogens is 1. The first-order valence-corrected chi connectivity index (χ1v) is 11.8. The Morgan fingerprint density at radius 1 is 1.19 bits per heavy atom. The molecule has 31 heavy (non-hydrogen) atoms. The molecule has 1 fully saturated rings. The van der Waals surface area contributed by atoms with Gasteiger partial charge in [-0.3, -0.25) is 4.79 Å². The van der Waals surface area contributed by atoms with Crippen LogP contribution >= 0.6 is 11.6 Å². The number of sulfonamides is 1. The van der Waals surface area contributed by atoms with E-state index in [0.29, 0.717) is 25.2 Å². The number of Topliss-reactive ketones (excluding diaryl/α,β-unsaturated/α-hetero) is 1. The summed E-state index contributed by atoms with van der Waals surface area (Å²) >= 11 is 6.11. The van der Waals surface area contributed by atoms with Crippen LogP contribution in [0.15, 0.2) is 41.8 Å². The number of rotatable bonds is 8. The zero-order chi connectivity index (χ0) is 22.8. The summed E-state index contributed by atoms with van der Waals surface area (Å²) in [4.78, 5) is 25.0. The molecule has 0 radical (unpaired) electrons. The standard InChI is InChI=1S/C22H25ClN2O5S/c1-4-9-25-15(2)12-18(16(25)3)20(26)14-30-22(27)17-7-8-19(23)21(13-17)31(28,29)24-10-5-6-11-24/h4,7-8,12-13H,1,5-6,9-11,14H2,2-3H3. The van der Waals surface area contributed by atoms with Crippen LogP contribution in [0.1, 0.15) is 44.9 Å². The van der Waals surface area contributed by atoms with Gasteiger partial charge in [-0.25, -0.2) is 13.2 Å². The van der Waals surface area contributed by atoms with Crippen LogP contribution in [-0.4, -0.2) is 48.7 Å². The normalized spacial score (nSPS) is 14.5. The number of nitrogens with zero attached hydrogens (tertiary/aromatic N) is 2. The quantitative estimate of drug-likeness (QED) is 0.337. The van der Waals surface area contributed by atoms with Crippen molar-refractivity contribution in [3.05, 3.63) is 64.5 Å². The summed E-state index contributed by atoms with van der Waals surface area (Å²) in [6.45, 7) is 8.38. The van der Waals surface area contributed by atoms with Gasteiger partial charge >= 0.3 is 5.97 Å². The number of aryl methyl sites for hydroxylation is 1. The second-order valence-electron chi connectivity index (χ2n) is 7.44. The van der Waals surface area contributed by atoms with E-state index in [1.807, 2.05) is 18.4 Å². The van der Waals surface area contributed by atoms with Crippen LogP contribution in [0.4, 0.5) is 0 Å². The average Bonchev–Trinajstić information content (AvgIpc) is 3.37. The Bertz CT molecular complexity index is 1130. The Balaban J connectivity index is 1.75. The Hall–Kier alpha value is -2.42. The number of esters is 1. The molecule has 0 bridgehead atoms. The first kappa shape index (κ1) is 23.2. The largest absolute Gasteiger partial charge is 0.454 e. The smallest absolute Gasteiger partial charge is 0.338 e. The third kappa shape index (κ3) is 4.76. The fraction of sp³-hybridized carbons (Fsp3) is 0.364. The summed E-state index contributed by atoms with van der Waals surface area (Å²) in [6, 6.07) is 5.69. The van der Waals surface area contributed by atoms with Crippen molar-refractivity contribution in [2.75, 3.05) is 19.7 Å². The first-order chi connectivity index (χ1) is 14.7. The Labute approximate surface area is 187 Å². The molecule has 7 nitrogen and oxygen atoms in total. The van der Waals surface area contributed by atoms with Gasteiger partial charge in [-0.15, -0.1) is 6.58 Å². The molecule has 166 valence electrons. The maximum atomic E-state index is 12.8. The highest BCUT2D eigenvalue weighted by Gasteiger charge is 2.30. The molecule has 0 spiro atoms. The number of allylic oxidation sites excluding steroid dienone is 1. The Kier molecular flexibility index (Phi) is 7.03. The van der Waals surface area contributed by atoms with Gasteiger partial charge in [0.15, 0.2) is 6.61 Å². The zero-order valence-electron chi connectivity index (χ0n) is 17.6. The van der Waals surface area contributed by atoms with Gasteiger partial charge in [-0.05, 0) is 51.0 Å². The number of carbonyl (C=O) groups is 2. The van der Waals surface area contributed by atoms with Crippen LogP contribution in [-0.2, 0) is 21.3 Å². The van der Waals surface area contributed by atoms with Crippen LogP contribution in [0.25, 0.3) is 0 Å². The van der Waals surface area contributed by atoms with Gasteiger partial charge < -0.3 is 9.30 Å².